The molecule has 1 atom stereocenters. The lowest BCUT2D eigenvalue weighted by molar-refractivity contribution is 0.668. The summed E-state index contributed by atoms with van der Waals surface area (Å²) in [5.74, 6) is 0.385. The maximum absolute atomic E-state index is 9.17. The molecule has 0 spiro atoms. The number of hydrogen-bond acceptors (Lipinski definition) is 3. The molecule has 3 rings (SSSR count). The molecule has 0 radical (unpaired) electrons. The van der Waals surface area contributed by atoms with Crippen molar-refractivity contribution < 1.29 is 0 Å². The van der Waals surface area contributed by atoms with Crippen LogP contribution in [0.15, 0.2) is 35.7 Å². The third-order valence-electron chi connectivity index (χ3n) is 3.47. The first-order valence-corrected chi connectivity index (χ1v) is 7.04. The lowest BCUT2D eigenvalue weighted by atomic mass is 9.94. The van der Waals surface area contributed by atoms with Crippen molar-refractivity contribution in [3.05, 3.63) is 57.3 Å². The Morgan fingerprint density at radius 1 is 1.26 bits per heavy atom. The Bertz CT molecular complexity index is 586. The average Bonchev–Trinajstić information content (AvgIpc) is 2.71. The highest BCUT2D eigenvalue weighted by Gasteiger charge is 2.23. The summed E-state index contributed by atoms with van der Waals surface area (Å²) in [6.45, 7) is 1.92. The fourth-order valence-electron chi connectivity index (χ4n) is 2.55. The van der Waals surface area contributed by atoms with Gasteiger partial charge < -0.3 is 5.32 Å². The van der Waals surface area contributed by atoms with E-state index in [2.05, 4.69) is 35.7 Å². The maximum Gasteiger partial charge on any atom is 0.100 e. The molecule has 0 saturated heterocycles. The van der Waals surface area contributed by atoms with Crippen LogP contribution < -0.4 is 5.32 Å². The monoisotopic (exact) mass is 290 g/mol. The zero-order chi connectivity index (χ0) is 12.4. The highest BCUT2D eigenvalue weighted by atomic mass is 35.5. The summed E-state index contributed by atoms with van der Waals surface area (Å²) in [6.07, 6.45) is 0.963. The number of nitrogens with one attached hydrogen (secondary N) is 1. The number of thiophene rings is 1. The largest absolute Gasteiger partial charge is 0.315 e. The predicted molar refractivity (Wildman–Crippen MR) is 81.1 cm³/mol. The van der Waals surface area contributed by atoms with Crippen LogP contribution >= 0.6 is 23.7 Å². The van der Waals surface area contributed by atoms with E-state index in [9.17, 15) is 0 Å². The first kappa shape index (κ1) is 14.1. The van der Waals surface area contributed by atoms with Gasteiger partial charge in [0.2, 0.25) is 0 Å². The number of fused-ring (bicyclic) bond motifs is 1. The zero-order valence-electron chi connectivity index (χ0n) is 10.4. The zero-order valence-corrected chi connectivity index (χ0v) is 12.1. The van der Waals surface area contributed by atoms with Crippen molar-refractivity contribution in [3.8, 4) is 6.07 Å². The van der Waals surface area contributed by atoms with Crippen LogP contribution in [0.25, 0.3) is 0 Å². The van der Waals surface area contributed by atoms with E-state index >= 15 is 0 Å². The van der Waals surface area contributed by atoms with Gasteiger partial charge in [0.25, 0.3) is 0 Å². The normalized spacial score (nSPS) is 17.7. The number of hydrogen-bond donors (Lipinski definition) is 1. The minimum Gasteiger partial charge on any atom is -0.315 e. The van der Waals surface area contributed by atoms with Crippen LogP contribution in [0.1, 0.15) is 27.5 Å². The van der Waals surface area contributed by atoms with E-state index in [0.29, 0.717) is 5.92 Å². The molecular formula is C15H15ClN2S. The molecule has 1 aromatic carbocycles. The van der Waals surface area contributed by atoms with Crippen molar-refractivity contribution >= 4 is 23.7 Å². The van der Waals surface area contributed by atoms with E-state index in [1.807, 2.05) is 11.4 Å². The van der Waals surface area contributed by atoms with Gasteiger partial charge in [-0.05, 0) is 24.1 Å². The van der Waals surface area contributed by atoms with Crippen molar-refractivity contribution in [2.75, 3.05) is 13.1 Å². The van der Waals surface area contributed by atoms with Crippen LogP contribution in [-0.2, 0) is 6.42 Å². The molecule has 1 aromatic heterocycles. The van der Waals surface area contributed by atoms with Crippen LogP contribution in [0, 0.1) is 11.3 Å². The van der Waals surface area contributed by atoms with Crippen LogP contribution in [0.2, 0.25) is 0 Å². The van der Waals surface area contributed by atoms with Gasteiger partial charge in [0.1, 0.15) is 6.07 Å². The summed E-state index contributed by atoms with van der Waals surface area (Å²) < 4.78 is 0. The predicted octanol–water partition coefficient (Wildman–Crippen LogP) is 3.32. The first-order chi connectivity index (χ1) is 8.90. The first-order valence-electron chi connectivity index (χ1n) is 6.16. The van der Waals surface area contributed by atoms with Gasteiger partial charge in [0.15, 0.2) is 0 Å². The Morgan fingerprint density at radius 2 is 2.05 bits per heavy atom. The Labute approximate surface area is 123 Å². The van der Waals surface area contributed by atoms with Crippen LogP contribution in [0.3, 0.4) is 0 Å². The smallest absolute Gasteiger partial charge is 0.100 e. The van der Waals surface area contributed by atoms with Crippen LogP contribution in [-0.4, -0.2) is 13.1 Å². The summed E-state index contributed by atoms with van der Waals surface area (Å²) in [5, 5.41) is 14.7. The standard InChI is InChI=1S/C15H14N2S.ClH/c16-8-12-10-18-15-13(12)6-7-17-9-14(15)11-4-2-1-3-5-11;/h1-5,10,14,17H,6-7,9H2;1H. The van der Waals surface area contributed by atoms with E-state index in [1.54, 1.807) is 11.3 Å². The molecule has 1 N–H and O–H groups in total. The topological polar surface area (TPSA) is 35.8 Å². The molecule has 98 valence electrons. The fraction of sp³-hybridized carbons (Fsp3) is 0.267. The SMILES string of the molecule is Cl.N#Cc1csc2c1CCNCC2c1ccccc1. The summed E-state index contributed by atoms with van der Waals surface area (Å²) in [7, 11) is 0. The third-order valence-corrected chi connectivity index (χ3v) is 4.60. The maximum atomic E-state index is 9.17. The summed E-state index contributed by atoms with van der Waals surface area (Å²) in [6, 6.07) is 12.9. The number of benzene rings is 1. The molecule has 2 heterocycles. The van der Waals surface area contributed by atoms with Crippen molar-refractivity contribution in [1.82, 2.24) is 5.32 Å². The van der Waals surface area contributed by atoms with Gasteiger partial charge in [-0.1, -0.05) is 30.3 Å². The van der Waals surface area contributed by atoms with E-state index in [4.69, 9.17) is 5.26 Å². The molecule has 0 amide bonds. The van der Waals surface area contributed by atoms with E-state index in [0.717, 1.165) is 25.1 Å². The Morgan fingerprint density at radius 3 is 2.79 bits per heavy atom. The second kappa shape index (κ2) is 6.21. The lowest BCUT2D eigenvalue weighted by Crippen LogP contribution is -2.20. The van der Waals surface area contributed by atoms with E-state index in [1.165, 1.54) is 16.0 Å². The van der Waals surface area contributed by atoms with E-state index in [-0.39, 0.29) is 12.4 Å². The minimum absolute atomic E-state index is 0. The fourth-order valence-corrected chi connectivity index (χ4v) is 3.73. The molecule has 1 unspecified atom stereocenters. The number of halogens is 1. The highest BCUT2D eigenvalue weighted by molar-refractivity contribution is 7.10. The molecular weight excluding hydrogens is 276 g/mol. The molecule has 0 bridgehead atoms. The van der Waals surface area contributed by atoms with Gasteiger partial charge in [-0.15, -0.1) is 23.7 Å². The van der Waals surface area contributed by atoms with Crippen LogP contribution in [0.4, 0.5) is 0 Å². The number of nitrogens with zero attached hydrogens (tertiary/aromatic N) is 1. The molecule has 0 aliphatic carbocycles. The molecule has 4 heteroatoms. The molecule has 1 aliphatic rings. The molecule has 0 fully saturated rings. The van der Waals surface area contributed by atoms with Gasteiger partial charge in [0, 0.05) is 22.7 Å². The Balaban J connectivity index is 0.00000133. The summed E-state index contributed by atoms with van der Waals surface area (Å²) in [5.41, 5.74) is 3.44. The van der Waals surface area contributed by atoms with E-state index < -0.39 is 0 Å². The summed E-state index contributed by atoms with van der Waals surface area (Å²) in [4.78, 5) is 1.36. The lowest BCUT2D eigenvalue weighted by Gasteiger charge is -2.15. The van der Waals surface area contributed by atoms with Crippen molar-refractivity contribution in [2.45, 2.75) is 12.3 Å². The minimum atomic E-state index is 0. The average molecular weight is 291 g/mol. The van der Waals surface area contributed by atoms with Gasteiger partial charge in [-0.25, -0.2) is 0 Å². The summed E-state index contributed by atoms with van der Waals surface area (Å²) >= 11 is 1.73. The van der Waals surface area contributed by atoms with Gasteiger partial charge in [-0.3, -0.25) is 0 Å². The molecule has 19 heavy (non-hydrogen) atoms. The van der Waals surface area contributed by atoms with Crippen molar-refractivity contribution in [1.29, 1.82) is 5.26 Å². The molecule has 0 saturated carbocycles. The second-order valence-electron chi connectivity index (χ2n) is 4.52. The quantitative estimate of drug-likeness (QED) is 0.874. The van der Waals surface area contributed by atoms with Crippen molar-refractivity contribution in [2.24, 2.45) is 0 Å². The molecule has 2 aromatic rings. The number of rotatable bonds is 1. The highest BCUT2D eigenvalue weighted by Crippen LogP contribution is 2.35. The van der Waals surface area contributed by atoms with Crippen LogP contribution in [0.5, 0.6) is 0 Å². The third kappa shape index (κ3) is 2.66. The number of nitriles is 1. The van der Waals surface area contributed by atoms with Crippen molar-refractivity contribution in [3.63, 3.8) is 0 Å². The Hall–Kier alpha value is -1.34. The van der Waals surface area contributed by atoms with Gasteiger partial charge in [0.05, 0.1) is 5.56 Å². The molecule has 2 nitrogen and oxygen atoms in total. The van der Waals surface area contributed by atoms with Gasteiger partial charge in [-0.2, -0.15) is 5.26 Å². The molecule has 1 aliphatic heterocycles. The van der Waals surface area contributed by atoms with Gasteiger partial charge >= 0.3 is 0 Å². The Kier molecular flexibility index (Phi) is 4.60. The second-order valence-corrected chi connectivity index (χ2v) is 5.43.